The molecule has 196 valence electrons. The quantitative estimate of drug-likeness (QED) is 0.0885. The Morgan fingerprint density at radius 2 is 1.20 bits per heavy atom. The van der Waals surface area contributed by atoms with Crippen LogP contribution in [-0.2, 0) is 24.5 Å². The van der Waals surface area contributed by atoms with Gasteiger partial charge in [-0.2, -0.15) is 0 Å². The van der Waals surface area contributed by atoms with Gasteiger partial charge in [0.15, 0.2) is 11.2 Å². The molecule has 0 unspecified atom stereocenters. The maximum atomic E-state index is 13.6. The summed E-state index contributed by atoms with van der Waals surface area (Å²) in [6, 6.07) is 7.04. The molecule has 0 spiro atoms. The second kappa shape index (κ2) is 15.7. The Morgan fingerprint density at radius 3 is 1.66 bits per heavy atom. The van der Waals surface area contributed by atoms with E-state index in [2.05, 4.69) is 20.8 Å². The van der Waals surface area contributed by atoms with E-state index >= 15 is 0 Å². The molecular weight excluding hydrogens is 440 g/mol. The van der Waals surface area contributed by atoms with E-state index in [0.29, 0.717) is 30.8 Å². The first-order valence-corrected chi connectivity index (χ1v) is 14.0. The van der Waals surface area contributed by atoms with Gasteiger partial charge in [-0.05, 0) is 37.7 Å². The van der Waals surface area contributed by atoms with E-state index in [1.54, 1.807) is 24.3 Å². The summed E-state index contributed by atoms with van der Waals surface area (Å²) in [6.45, 7) is 6.97. The van der Waals surface area contributed by atoms with Gasteiger partial charge >= 0.3 is 11.9 Å². The van der Waals surface area contributed by atoms with Crippen LogP contribution >= 0.6 is 0 Å². The first-order valence-electron chi connectivity index (χ1n) is 14.0. The molecule has 1 aliphatic carbocycles. The highest BCUT2D eigenvalue weighted by Gasteiger charge is 2.50. The molecular formula is C30H46O5. The van der Waals surface area contributed by atoms with Crippen LogP contribution in [0.3, 0.4) is 0 Å². The van der Waals surface area contributed by atoms with Crippen molar-refractivity contribution in [3.05, 3.63) is 35.4 Å². The zero-order chi connectivity index (χ0) is 25.5. The fourth-order valence-electron chi connectivity index (χ4n) is 4.44. The average Bonchev–Trinajstić information content (AvgIpc) is 3.72. The minimum Gasteiger partial charge on any atom is -0.465 e. The molecule has 35 heavy (non-hydrogen) atoms. The maximum absolute atomic E-state index is 13.6. The highest BCUT2D eigenvalue weighted by molar-refractivity contribution is 6.06. The van der Waals surface area contributed by atoms with Crippen molar-refractivity contribution < 1.29 is 23.9 Å². The summed E-state index contributed by atoms with van der Waals surface area (Å²) in [5, 5.41) is 0. The van der Waals surface area contributed by atoms with Gasteiger partial charge in [0.1, 0.15) is 0 Å². The number of unbranched alkanes of at least 4 members (excludes halogenated alkanes) is 8. The number of Topliss-reactive ketones (excluding diaryl/α,β-unsaturated/α-hetero) is 1. The summed E-state index contributed by atoms with van der Waals surface area (Å²) in [4.78, 5) is 39.8. The highest BCUT2D eigenvalue weighted by atomic mass is 16.6. The molecule has 5 heteroatoms. The van der Waals surface area contributed by atoms with Crippen LogP contribution in [-0.4, -0.2) is 30.9 Å². The Bertz CT molecular complexity index is 752. The van der Waals surface area contributed by atoms with E-state index in [1.165, 1.54) is 0 Å². The lowest BCUT2D eigenvalue weighted by Gasteiger charge is -2.30. The normalized spacial score (nSPS) is 13.5. The number of carbonyl (C=O) groups is 3. The van der Waals surface area contributed by atoms with Crippen molar-refractivity contribution in [3.8, 4) is 0 Å². The maximum Gasteiger partial charge on any atom is 0.328 e. The molecule has 0 saturated heterocycles. The highest BCUT2D eigenvalue weighted by Crippen LogP contribution is 2.36. The topological polar surface area (TPSA) is 69.7 Å². The summed E-state index contributed by atoms with van der Waals surface area (Å²) in [6.07, 6.45) is 12.8. The molecule has 0 bridgehead atoms. The first kappa shape index (κ1) is 29.1. The Kier molecular flexibility index (Phi) is 13.1. The molecule has 0 heterocycles. The largest absolute Gasteiger partial charge is 0.465 e. The third-order valence-electron chi connectivity index (χ3n) is 6.92. The lowest BCUT2D eigenvalue weighted by Crippen LogP contribution is -2.46. The average molecular weight is 487 g/mol. The molecule has 1 fully saturated rings. The number of esters is 2. The second-order valence-corrected chi connectivity index (χ2v) is 9.97. The Balaban J connectivity index is 2.29. The standard InChI is InChI=1S/C30H46O5/c1-4-7-10-13-22-34-28(32)30(21-12-9-6-3,29(33)35-23-14-11-8-5-2)26-19-17-25(18-20-26)27(31)24-15-16-24/h17-20,24H,4-16,21-23H2,1-3H3. The lowest BCUT2D eigenvalue weighted by molar-refractivity contribution is -0.166. The number of hydrogen-bond donors (Lipinski definition) is 0. The summed E-state index contributed by atoms with van der Waals surface area (Å²) in [5.74, 6) is -0.781. The number of ketones is 1. The van der Waals surface area contributed by atoms with Gasteiger partial charge in [0, 0.05) is 11.5 Å². The van der Waals surface area contributed by atoms with Crippen LogP contribution in [0.1, 0.15) is 127 Å². The molecule has 0 atom stereocenters. The number of carbonyl (C=O) groups excluding carboxylic acids is 3. The van der Waals surface area contributed by atoms with Crippen molar-refractivity contribution in [1.29, 1.82) is 0 Å². The van der Waals surface area contributed by atoms with Crippen molar-refractivity contribution in [3.63, 3.8) is 0 Å². The van der Waals surface area contributed by atoms with Gasteiger partial charge in [0.05, 0.1) is 13.2 Å². The zero-order valence-electron chi connectivity index (χ0n) is 22.2. The van der Waals surface area contributed by atoms with Crippen LogP contribution < -0.4 is 0 Å². The molecule has 0 aromatic heterocycles. The Morgan fingerprint density at radius 1 is 0.714 bits per heavy atom. The van der Waals surface area contributed by atoms with Crippen molar-refractivity contribution in [2.45, 2.75) is 116 Å². The van der Waals surface area contributed by atoms with Gasteiger partial charge in [-0.3, -0.25) is 14.4 Å². The smallest absolute Gasteiger partial charge is 0.328 e. The second-order valence-electron chi connectivity index (χ2n) is 9.97. The summed E-state index contributed by atoms with van der Waals surface area (Å²) >= 11 is 0. The van der Waals surface area contributed by atoms with Gasteiger partial charge < -0.3 is 9.47 Å². The molecule has 0 amide bonds. The molecule has 0 radical (unpaired) electrons. The number of rotatable bonds is 19. The predicted molar refractivity (Wildman–Crippen MR) is 140 cm³/mol. The van der Waals surface area contributed by atoms with Crippen LogP contribution in [0.5, 0.6) is 0 Å². The fourth-order valence-corrected chi connectivity index (χ4v) is 4.44. The van der Waals surface area contributed by atoms with Crippen LogP contribution in [0.4, 0.5) is 0 Å². The van der Waals surface area contributed by atoms with Crippen LogP contribution in [0.15, 0.2) is 24.3 Å². The molecule has 1 aliphatic rings. The minimum absolute atomic E-state index is 0.122. The van der Waals surface area contributed by atoms with Gasteiger partial charge in [0.25, 0.3) is 0 Å². The molecule has 1 saturated carbocycles. The van der Waals surface area contributed by atoms with Gasteiger partial charge in [-0.1, -0.05) is 103 Å². The summed E-state index contributed by atoms with van der Waals surface area (Å²) in [7, 11) is 0. The Labute approximate surface area is 212 Å². The molecule has 1 aromatic rings. The number of benzene rings is 1. The number of ether oxygens (including phenoxy) is 2. The fraction of sp³-hybridized carbons (Fsp3) is 0.700. The third-order valence-corrected chi connectivity index (χ3v) is 6.92. The zero-order valence-corrected chi connectivity index (χ0v) is 22.2. The SMILES string of the molecule is CCCCCCOC(=O)C(CCCCC)(C(=O)OCCCCCC)c1ccc(C(=O)C2CC2)cc1. The lowest BCUT2D eigenvalue weighted by atomic mass is 9.75. The van der Waals surface area contributed by atoms with E-state index in [0.717, 1.165) is 83.5 Å². The third kappa shape index (κ3) is 8.77. The van der Waals surface area contributed by atoms with Crippen LogP contribution in [0, 0.1) is 5.92 Å². The summed E-state index contributed by atoms with van der Waals surface area (Å²) in [5.41, 5.74) is -0.288. The van der Waals surface area contributed by atoms with Crippen molar-refractivity contribution in [2.75, 3.05) is 13.2 Å². The summed E-state index contributed by atoms with van der Waals surface area (Å²) < 4.78 is 11.4. The van der Waals surface area contributed by atoms with E-state index in [4.69, 9.17) is 9.47 Å². The molecule has 0 N–H and O–H groups in total. The van der Waals surface area contributed by atoms with Gasteiger partial charge in [-0.25, -0.2) is 0 Å². The first-order chi connectivity index (χ1) is 17.0. The van der Waals surface area contributed by atoms with Crippen LogP contribution in [0.25, 0.3) is 0 Å². The van der Waals surface area contributed by atoms with Crippen molar-refractivity contribution >= 4 is 17.7 Å². The predicted octanol–water partition coefficient (Wildman–Crippen LogP) is 7.34. The molecule has 2 rings (SSSR count). The monoisotopic (exact) mass is 486 g/mol. The van der Waals surface area contributed by atoms with Gasteiger partial charge in [-0.15, -0.1) is 0 Å². The van der Waals surface area contributed by atoms with Crippen molar-refractivity contribution in [1.82, 2.24) is 0 Å². The van der Waals surface area contributed by atoms with E-state index in [9.17, 15) is 14.4 Å². The Hall–Kier alpha value is -2.17. The van der Waals surface area contributed by atoms with E-state index in [1.807, 2.05) is 0 Å². The van der Waals surface area contributed by atoms with Gasteiger partial charge in [0.2, 0.25) is 0 Å². The molecule has 1 aromatic carbocycles. The molecule has 5 nitrogen and oxygen atoms in total. The minimum atomic E-state index is -1.49. The van der Waals surface area contributed by atoms with Crippen LogP contribution in [0.2, 0.25) is 0 Å². The van der Waals surface area contributed by atoms with E-state index < -0.39 is 17.4 Å². The number of hydrogen-bond acceptors (Lipinski definition) is 5. The van der Waals surface area contributed by atoms with E-state index in [-0.39, 0.29) is 11.7 Å². The van der Waals surface area contributed by atoms with Crippen molar-refractivity contribution in [2.24, 2.45) is 5.92 Å². The molecule has 0 aliphatic heterocycles.